The van der Waals surface area contributed by atoms with Crippen molar-refractivity contribution in [2.24, 2.45) is 0 Å². The van der Waals surface area contributed by atoms with Gasteiger partial charge in [0.25, 0.3) is 0 Å². The first-order valence-electron chi connectivity index (χ1n) is 5.94. The van der Waals surface area contributed by atoms with Crippen molar-refractivity contribution in [1.29, 1.82) is 0 Å². The maximum Gasteiger partial charge on any atom is 0.201 e. The molecule has 0 saturated carbocycles. The zero-order chi connectivity index (χ0) is 15.6. The Kier molecular flexibility index (Phi) is 4.57. The summed E-state index contributed by atoms with van der Waals surface area (Å²) < 4.78 is 37.9. The second-order valence-electron chi connectivity index (χ2n) is 4.19. The average Bonchev–Trinajstić information content (AvgIpc) is 2.43. The van der Waals surface area contributed by atoms with E-state index in [1.807, 2.05) is 0 Å². The quantitative estimate of drug-likeness (QED) is 0.586. The fraction of sp³-hybridized carbons (Fsp3) is 0.133. The van der Waals surface area contributed by atoms with Gasteiger partial charge in [0.15, 0.2) is 17.3 Å². The first kappa shape index (κ1) is 15.4. The fourth-order valence-electron chi connectivity index (χ4n) is 1.84. The molecule has 110 valence electrons. The Labute approximate surface area is 128 Å². The Morgan fingerprint density at radius 3 is 2.43 bits per heavy atom. The Morgan fingerprint density at radius 1 is 1.14 bits per heavy atom. The number of benzene rings is 2. The van der Waals surface area contributed by atoms with Crippen molar-refractivity contribution in [2.45, 2.75) is 6.92 Å². The highest BCUT2D eigenvalue weighted by molar-refractivity contribution is 9.10. The van der Waals surface area contributed by atoms with Crippen molar-refractivity contribution in [2.75, 3.05) is 7.11 Å². The van der Waals surface area contributed by atoms with E-state index in [0.29, 0.717) is 10.2 Å². The van der Waals surface area contributed by atoms with Crippen LogP contribution in [0, 0.1) is 11.6 Å². The number of carbonyl (C=O) groups is 1. The minimum Gasteiger partial charge on any atom is -0.496 e. The monoisotopic (exact) mass is 356 g/mol. The molecule has 2 aromatic rings. The van der Waals surface area contributed by atoms with E-state index in [4.69, 9.17) is 9.47 Å². The molecule has 0 aromatic heterocycles. The lowest BCUT2D eigenvalue weighted by molar-refractivity contribution is 0.101. The van der Waals surface area contributed by atoms with Gasteiger partial charge in [-0.05, 0) is 31.2 Å². The number of halogens is 3. The molecule has 0 aliphatic heterocycles. The summed E-state index contributed by atoms with van der Waals surface area (Å²) in [4.78, 5) is 11.7. The summed E-state index contributed by atoms with van der Waals surface area (Å²) in [6.07, 6.45) is 0. The molecule has 0 bridgehead atoms. The number of ketones is 1. The summed E-state index contributed by atoms with van der Waals surface area (Å²) in [5.41, 5.74) is 0.166. The second kappa shape index (κ2) is 6.22. The molecule has 0 unspecified atom stereocenters. The largest absolute Gasteiger partial charge is 0.496 e. The summed E-state index contributed by atoms with van der Waals surface area (Å²) >= 11 is 3.06. The van der Waals surface area contributed by atoms with Crippen molar-refractivity contribution in [1.82, 2.24) is 0 Å². The molecule has 21 heavy (non-hydrogen) atoms. The zero-order valence-corrected chi connectivity index (χ0v) is 12.8. The molecule has 0 atom stereocenters. The third kappa shape index (κ3) is 3.21. The van der Waals surface area contributed by atoms with Crippen LogP contribution in [0.2, 0.25) is 0 Å². The summed E-state index contributed by atoms with van der Waals surface area (Å²) in [7, 11) is 1.41. The molecule has 2 rings (SSSR count). The number of Topliss-reactive ketones (excluding diaryl/α,β-unsaturated/α-hetero) is 1. The molecule has 0 aliphatic rings. The highest BCUT2D eigenvalue weighted by Crippen LogP contribution is 2.35. The lowest BCUT2D eigenvalue weighted by Crippen LogP contribution is -2.02. The smallest absolute Gasteiger partial charge is 0.201 e. The maximum absolute atomic E-state index is 13.7. The second-order valence-corrected chi connectivity index (χ2v) is 5.11. The zero-order valence-electron chi connectivity index (χ0n) is 11.2. The predicted molar refractivity (Wildman–Crippen MR) is 77.1 cm³/mol. The fourth-order valence-corrected chi connectivity index (χ4v) is 2.25. The molecule has 0 spiro atoms. The van der Waals surface area contributed by atoms with Crippen LogP contribution in [0.4, 0.5) is 8.78 Å². The third-order valence-corrected chi connectivity index (χ3v) is 3.20. The van der Waals surface area contributed by atoms with E-state index in [9.17, 15) is 13.6 Å². The van der Waals surface area contributed by atoms with Crippen LogP contribution >= 0.6 is 15.9 Å². The van der Waals surface area contributed by atoms with E-state index in [1.54, 1.807) is 12.1 Å². The molecule has 6 heteroatoms. The van der Waals surface area contributed by atoms with Gasteiger partial charge in [-0.1, -0.05) is 22.0 Å². The van der Waals surface area contributed by atoms with E-state index >= 15 is 0 Å². The van der Waals surface area contributed by atoms with E-state index in [-0.39, 0.29) is 22.8 Å². The minimum atomic E-state index is -1.13. The molecular weight excluding hydrogens is 346 g/mol. The number of carbonyl (C=O) groups excluding carboxylic acids is 1. The van der Waals surface area contributed by atoms with Crippen molar-refractivity contribution < 1.29 is 23.0 Å². The van der Waals surface area contributed by atoms with Gasteiger partial charge in [0.2, 0.25) is 5.82 Å². The van der Waals surface area contributed by atoms with Gasteiger partial charge in [-0.15, -0.1) is 0 Å². The highest BCUT2D eigenvalue weighted by Gasteiger charge is 2.18. The molecule has 0 radical (unpaired) electrons. The first-order chi connectivity index (χ1) is 9.93. The number of rotatable bonds is 4. The topological polar surface area (TPSA) is 35.5 Å². The molecule has 0 heterocycles. The average molecular weight is 357 g/mol. The van der Waals surface area contributed by atoms with Crippen molar-refractivity contribution >= 4 is 21.7 Å². The lowest BCUT2D eigenvalue weighted by atomic mass is 10.1. The van der Waals surface area contributed by atoms with Crippen LogP contribution in [0.25, 0.3) is 0 Å². The Hall–Kier alpha value is -1.95. The summed E-state index contributed by atoms with van der Waals surface area (Å²) in [6, 6.07) is 6.92. The van der Waals surface area contributed by atoms with Crippen LogP contribution in [0.3, 0.4) is 0 Å². The molecule has 2 aromatic carbocycles. The van der Waals surface area contributed by atoms with Gasteiger partial charge in [-0.3, -0.25) is 4.79 Å². The molecule has 0 amide bonds. The van der Waals surface area contributed by atoms with Crippen molar-refractivity contribution in [3.63, 3.8) is 0 Å². The van der Waals surface area contributed by atoms with E-state index in [0.717, 1.165) is 6.07 Å². The summed E-state index contributed by atoms with van der Waals surface area (Å²) in [5, 5.41) is 0. The number of methoxy groups -OCH3 is 1. The van der Waals surface area contributed by atoms with Gasteiger partial charge in [-0.25, -0.2) is 4.39 Å². The molecule has 0 fully saturated rings. The van der Waals surface area contributed by atoms with Crippen LogP contribution in [0.15, 0.2) is 34.8 Å². The Balaban J connectivity index is 2.52. The third-order valence-electron chi connectivity index (χ3n) is 2.74. The SMILES string of the molecule is COc1cccc(Oc2cc(Br)cc(F)c2F)c1C(C)=O. The molecular formula is C15H11BrF2O3. The minimum absolute atomic E-state index is 0.0956. The van der Waals surface area contributed by atoms with Crippen molar-refractivity contribution in [3.05, 3.63) is 52.0 Å². The van der Waals surface area contributed by atoms with Gasteiger partial charge in [0, 0.05) is 4.47 Å². The van der Waals surface area contributed by atoms with Gasteiger partial charge in [-0.2, -0.15) is 4.39 Å². The van der Waals surface area contributed by atoms with Crippen LogP contribution in [0.5, 0.6) is 17.2 Å². The van der Waals surface area contributed by atoms with E-state index < -0.39 is 11.6 Å². The van der Waals surface area contributed by atoms with Crippen molar-refractivity contribution in [3.8, 4) is 17.2 Å². The number of hydrogen-bond donors (Lipinski definition) is 0. The van der Waals surface area contributed by atoms with Crippen LogP contribution in [-0.2, 0) is 0 Å². The summed E-state index contributed by atoms with van der Waals surface area (Å²) in [6.45, 7) is 1.34. The van der Waals surface area contributed by atoms with Gasteiger partial charge in [0.05, 0.1) is 7.11 Å². The molecule has 0 aliphatic carbocycles. The highest BCUT2D eigenvalue weighted by atomic mass is 79.9. The molecule has 0 saturated heterocycles. The Bertz CT molecular complexity index is 702. The van der Waals surface area contributed by atoms with E-state index in [2.05, 4.69) is 15.9 Å². The predicted octanol–water partition coefficient (Wildman–Crippen LogP) is 4.73. The lowest BCUT2D eigenvalue weighted by Gasteiger charge is -2.13. The van der Waals surface area contributed by atoms with E-state index in [1.165, 1.54) is 26.2 Å². The maximum atomic E-state index is 13.7. The van der Waals surface area contributed by atoms with Crippen LogP contribution in [-0.4, -0.2) is 12.9 Å². The van der Waals surface area contributed by atoms with Crippen LogP contribution in [0.1, 0.15) is 17.3 Å². The molecule has 0 N–H and O–H groups in total. The van der Waals surface area contributed by atoms with Gasteiger partial charge >= 0.3 is 0 Å². The normalized spacial score (nSPS) is 10.3. The van der Waals surface area contributed by atoms with Gasteiger partial charge < -0.3 is 9.47 Å². The first-order valence-corrected chi connectivity index (χ1v) is 6.73. The van der Waals surface area contributed by atoms with Crippen LogP contribution < -0.4 is 9.47 Å². The number of ether oxygens (including phenoxy) is 2. The Morgan fingerprint density at radius 2 is 1.81 bits per heavy atom. The standard InChI is InChI=1S/C15H11BrF2O3/c1-8(19)14-11(20-2)4-3-5-12(14)21-13-7-9(16)6-10(17)15(13)18/h3-7H,1-2H3. The number of hydrogen-bond acceptors (Lipinski definition) is 3. The summed E-state index contributed by atoms with van der Waals surface area (Å²) in [5.74, 6) is -2.41. The molecule has 3 nitrogen and oxygen atoms in total. The van der Waals surface area contributed by atoms with Gasteiger partial charge in [0.1, 0.15) is 17.1 Å².